The van der Waals surface area contributed by atoms with Gasteiger partial charge in [-0.2, -0.15) is 0 Å². The summed E-state index contributed by atoms with van der Waals surface area (Å²) < 4.78 is 15.9. The van der Waals surface area contributed by atoms with Crippen molar-refractivity contribution in [3.63, 3.8) is 0 Å². The van der Waals surface area contributed by atoms with Crippen LogP contribution in [0.25, 0.3) is 16.9 Å². The minimum atomic E-state index is -0.809. The number of benzene rings is 2. The van der Waals surface area contributed by atoms with Gasteiger partial charge in [0, 0.05) is 18.0 Å². The van der Waals surface area contributed by atoms with Gasteiger partial charge in [-0.15, -0.1) is 0 Å². The molecule has 2 heterocycles. The summed E-state index contributed by atoms with van der Waals surface area (Å²) in [6.45, 7) is 1.83. The maximum absolute atomic E-state index is 14.1. The fourth-order valence-electron chi connectivity index (χ4n) is 2.77. The van der Waals surface area contributed by atoms with Crippen molar-refractivity contribution < 1.29 is 14.3 Å². The van der Waals surface area contributed by atoms with E-state index in [2.05, 4.69) is 15.0 Å². The molecule has 0 aliphatic heterocycles. The van der Waals surface area contributed by atoms with E-state index in [0.29, 0.717) is 16.9 Å². The molecule has 0 aliphatic carbocycles. The van der Waals surface area contributed by atoms with E-state index in [1.54, 1.807) is 29.2 Å². The second-order valence-corrected chi connectivity index (χ2v) is 6.24. The molecule has 0 fully saturated rings. The fraction of sp³-hybridized carbons (Fsp3) is 0.0526. The van der Waals surface area contributed by atoms with Gasteiger partial charge in [0.2, 0.25) is 0 Å². The number of aryl methyl sites for hydroxylation is 1. The first-order valence-electron chi connectivity index (χ1n) is 7.94. The molecule has 0 amide bonds. The highest BCUT2D eigenvalue weighted by Gasteiger charge is 2.21. The van der Waals surface area contributed by atoms with Crippen molar-refractivity contribution in [1.82, 2.24) is 19.5 Å². The molecule has 0 unspecified atom stereocenters. The van der Waals surface area contributed by atoms with Crippen molar-refractivity contribution in [1.29, 1.82) is 0 Å². The third-order valence-electron chi connectivity index (χ3n) is 4.16. The first-order valence-corrected chi connectivity index (χ1v) is 8.32. The van der Waals surface area contributed by atoms with Gasteiger partial charge in [-0.3, -0.25) is 14.3 Å². The zero-order chi connectivity index (χ0) is 19.1. The van der Waals surface area contributed by atoms with Crippen molar-refractivity contribution in [2.24, 2.45) is 0 Å². The first kappa shape index (κ1) is 17.1. The van der Waals surface area contributed by atoms with E-state index < -0.39 is 11.6 Å². The van der Waals surface area contributed by atoms with Crippen LogP contribution in [0.3, 0.4) is 0 Å². The number of ketones is 1. The maximum atomic E-state index is 14.1. The number of nitrogens with zero attached hydrogens (tertiary/aromatic N) is 4. The van der Waals surface area contributed by atoms with Crippen LogP contribution >= 0.6 is 11.6 Å². The molecule has 0 saturated heterocycles. The molecule has 0 bridgehead atoms. The van der Waals surface area contributed by atoms with Crippen molar-refractivity contribution in [2.75, 3.05) is 0 Å². The lowest BCUT2D eigenvalue weighted by Crippen LogP contribution is -2.06. The van der Waals surface area contributed by atoms with Crippen molar-refractivity contribution in [2.45, 2.75) is 6.92 Å². The number of aromatic nitrogens is 4. The topological polar surface area (TPSA) is 80.9 Å². The molecule has 4 aromatic rings. The van der Waals surface area contributed by atoms with Gasteiger partial charge in [0.05, 0.1) is 27.8 Å². The van der Waals surface area contributed by atoms with E-state index in [4.69, 9.17) is 11.6 Å². The number of halogens is 2. The Labute approximate surface area is 157 Å². The lowest BCUT2D eigenvalue weighted by atomic mass is 10.0. The van der Waals surface area contributed by atoms with Crippen LogP contribution < -0.4 is 0 Å². The molecule has 0 radical (unpaired) electrons. The Kier molecular flexibility index (Phi) is 4.08. The molecule has 0 spiro atoms. The van der Waals surface area contributed by atoms with E-state index in [1.165, 1.54) is 12.1 Å². The minimum Gasteiger partial charge on any atom is -0.506 e. The summed E-state index contributed by atoms with van der Waals surface area (Å²) in [5.41, 5.74) is 0.840. The Hall–Kier alpha value is -3.32. The number of hydrogen-bond acceptors (Lipinski definition) is 5. The van der Waals surface area contributed by atoms with Gasteiger partial charge in [0.25, 0.3) is 0 Å². The zero-order valence-electron chi connectivity index (χ0n) is 14.0. The number of carbonyl (C=O) groups excluding carboxylic acids is 1. The molecular weight excluding hydrogens is 371 g/mol. The number of fused-ring (bicyclic) bond motifs is 1. The number of phenolic OH excluding ortho intramolecular Hbond substituents is 1. The molecule has 2 aromatic carbocycles. The predicted octanol–water partition coefficient (Wildman–Crippen LogP) is 3.85. The molecule has 2 aromatic heterocycles. The molecule has 134 valence electrons. The molecule has 1 N–H and O–H groups in total. The van der Waals surface area contributed by atoms with Crippen LogP contribution in [-0.2, 0) is 0 Å². The normalized spacial score (nSPS) is 11.1. The highest BCUT2D eigenvalue weighted by atomic mass is 35.5. The average Bonchev–Trinajstić information content (AvgIpc) is 3.10. The molecule has 0 saturated carbocycles. The van der Waals surface area contributed by atoms with Crippen molar-refractivity contribution in [3.8, 4) is 11.6 Å². The second-order valence-electron chi connectivity index (χ2n) is 5.86. The summed E-state index contributed by atoms with van der Waals surface area (Å²) in [5, 5.41) is 9.35. The van der Waals surface area contributed by atoms with Crippen molar-refractivity contribution >= 4 is 28.4 Å². The second kappa shape index (κ2) is 6.44. The third-order valence-corrected chi connectivity index (χ3v) is 4.54. The quantitative estimate of drug-likeness (QED) is 0.544. The lowest BCUT2D eigenvalue weighted by Gasteiger charge is -2.08. The van der Waals surface area contributed by atoms with E-state index in [1.807, 2.05) is 6.92 Å². The van der Waals surface area contributed by atoms with Crippen LogP contribution in [0.5, 0.6) is 5.75 Å². The van der Waals surface area contributed by atoms with Gasteiger partial charge in [-0.25, -0.2) is 14.4 Å². The molecule has 8 heteroatoms. The summed E-state index contributed by atoms with van der Waals surface area (Å²) in [4.78, 5) is 25.7. The summed E-state index contributed by atoms with van der Waals surface area (Å²) in [5.74, 6) is -0.536. The Morgan fingerprint density at radius 3 is 2.74 bits per heavy atom. The number of aromatic hydroxyl groups is 1. The van der Waals surface area contributed by atoms with Crippen molar-refractivity contribution in [3.05, 3.63) is 76.7 Å². The summed E-state index contributed by atoms with van der Waals surface area (Å²) in [7, 11) is 0. The number of imidazole rings is 1. The van der Waals surface area contributed by atoms with Crippen LogP contribution in [0, 0.1) is 12.7 Å². The highest BCUT2D eigenvalue weighted by molar-refractivity contribution is 6.36. The Morgan fingerprint density at radius 2 is 2.00 bits per heavy atom. The number of carbonyl (C=O) groups is 1. The Balaban J connectivity index is 1.83. The smallest absolute Gasteiger partial charge is 0.197 e. The van der Waals surface area contributed by atoms with E-state index in [0.717, 1.165) is 18.0 Å². The van der Waals surface area contributed by atoms with E-state index >= 15 is 0 Å². The SMILES string of the molecule is Cc1nccn1-c1cnc2ccc(C(=O)c3c(F)ccc(O)c3Cl)cc2n1. The van der Waals surface area contributed by atoms with E-state index in [9.17, 15) is 14.3 Å². The zero-order valence-corrected chi connectivity index (χ0v) is 14.8. The molecule has 0 atom stereocenters. The fourth-order valence-corrected chi connectivity index (χ4v) is 3.01. The average molecular weight is 383 g/mol. The monoisotopic (exact) mass is 382 g/mol. The Bertz CT molecular complexity index is 1210. The van der Waals surface area contributed by atoms with Crippen LogP contribution in [-0.4, -0.2) is 30.4 Å². The first-order chi connectivity index (χ1) is 13.0. The van der Waals surface area contributed by atoms with Gasteiger partial charge < -0.3 is 5.11 Å². The van der Waals surface area contributed by atoms with Crippen LogP contribution in [0.4, 0.5) is 4.39 Å². The molecular formula is C19H12ClFN4O2. The molecule has 0 aliphatic rings. The summed E-state index contributed by atoms with van der Waals surface area (Å²) in [6.07, 6.45) is 5.00. The lowest BCUT2D eigenvalue weighted by molar-refractivity contribution is 0.103. The van der Waals surface area contributed by atoms with E-state index in [-0.39, 0.29) is 21.9 Å². The Morgan fingerprint density at radius 1 is 1.19 bits per heavy atom. The molecule has 4 rings (SSSR count). The van der Waals surface area contributed by atoms with Gasteiger partial charge in [0.1, 0.15) is 17.4 Å². The number of phenols is 1. The largest absolute Gasteiger partial charge is 0.506 e. The number of hydrogen-bond donors (Lipinski definition) is 1. The van der Waals surface area contributed by atoms with Gasteiger partial charge in [-0.1, -0.05) is 11.6 Å². The highest BCUT2D eigenvalue weighted by Crippen LogP contribution is 2.31. The molecule has 27 heavy (non-hydrogen) atoms. The van der Waals surface area contributed by atoms with Crippen LogP contribution in [0.2, 0.25) is 5.02 Å². The van der Waals surface area contributed by atoms with Gasteiger partial charge in [0.15, 0.2) is 11.6 Å². The summed E-state index contributed by atoms with van der Waals surface area (Å²) in [6, 6.07) is 6.74. The third kappa shape index (κ3) is 2.92. The van der Waals surface area contributed by atoms with Crippen LogP contribution in [0.1, 0.15) is 21.7 Å². The molecule has 6 nitrogen and oxygen atoms in total. The number of rotatable bonds is 3. The minimum absolute atomic E-state index is 0.183. The predicted molar refractivity (Wildman–Crippen MR) is 97.9 cm³/mol. The maximum Gasteiger partial charge on any atom is 0.197 e. The van der Waals surface area contributed by atoms with Gasteiger partial charge in [-0.05, 0) is 37.3 Å². The standard InChI is InChI=1S/C19H12ClFN4O2/c1-10-22-6-7-25(10)16-9-23-13-4-2-11(8-14(13)24-16)19(27)17-12(21)3-5-15(26)18(17)20/h2-9,26H,1H3. The summed E-state index contributed by atoms with van der Waals surface area (Å²) >= 11 is 5.92. The van der Waals surface area contributed by atoms with Gasteiger partial charge >= 0.3 is 0 Å². The van der Waals surface area contributed by atoms with Crippen LogP contribution in [0.15, 0.2) is 48.9 Å².